The topological polar surface area (TPSA) is 155 Å². The Hall–Kier alpha value is -2.97. The summed E-state index contributed by atoms with van der Waals surface area (Å²) in [7, 11) is 0. The number of aliphatic carboxylic acids is 3. The lowest BCUT2D eigenvalue weighted by Gasteiger charge is -2.09. The maximum Gasteiger partial charge on any atom is 0.322 e. The molecule has 0 aliphatic heterocycles. The van der Waals surface area contributed by atoms with E-state index in [4.69, 9.17) is 15.3 Å². The van der Waals surface area contributed by atoms with Crippen LogP contribution in [0.4, 0.5) is 5.69 Å². The number of nitrogens with zero attached hydrogens (tertiary/aromatic N) is 1. The van der Waals surface area contributed by atoms with E-state index in [2.05, 4.69) is 0 Å². The van der Waals surface area contributed by atoms with Crippen LogP contribution in [0.2, 0.25) is 0 Å². The number of hydrogen-bond donors (Lipinski definition) is 3. The predicted octanol–water partition coefficient (Wildman–Crippen LogP) is 0.475. The first-order chi connectivity index (χ1) is 9.23. The standard InChI is InChI=1S/C11H9NO8/c13-8(14)4-6-3-5(1-2-7(6)12(19)20)9(10(15)16)11(17)18/h1-3,9H,4H2,(H,13,14)(H,15,16)(H,17,18). The fourth-order valence-corrected chi connectivity index (χ4v) is 1.66. The molecule has 1 rings (SSSR count). The van der Waals surface area contributed by atoms with Gasteiger partial charge in [0.25, 0.3) is 5.69 Å². The van der Waals surface area contributed by atoms with Crippen LogP contribution < -0.4 is 0 Å². The molecule has 0 unspecified atom stereocenters. The molecule has 0 amide bonds. The molecule has 0 aliphatic carbocycles. The predicted molar refractivity (Wildman–Crippen MR) is 62.4 cm³/mol. The van der Waals surface area contributed by atoms with E-state index in [1.165, 1.54) is 0 Å². The number of hydrogen-bond acceptors (Lipinski definition) is 5. The monoisotopic (exact) mass is 283 g/mol. The molecule has 0 bridgehead atoms. The first kappa shape index (κ1) is 15.1. The molecule has 0 fully saturated rings. The molecule has 20 heavy (non-hydrogen) atoms. The maximum atomic E-state index is 10.9. The smallest absolute Gasteiger partial charge is 0.322 e. The summed E-state index contributed by atoms with van der Waals surface area (Å²) in [5.41, 5.74) is -0.995. The van der Waals surface area contributed by atoms with Crippen molar-refractivity contribution in [3.63, 3.8) is 0 Å². The maximum absolute atomic E-state index is 10.9. The number of carboxylic acid groups (broad SMARTS) is 3. The van der Waals surface area contributed by atoms with Crippen LogP contribution in [0.1, 0.15) is 17.0 Å². The number of rotatable bonds is 6. The Morgan fingerprint density at radius 3 is 2.10 bits per heavy atom. The summed E-state index contributed by atoms with van der Waals surface area (Å²) in [4.78, 5) is 42.3. The van der Waals surface area contributed by atoms with Crippen molar-refractivity contribution < 1.29 is 34.6 Å². The quantitative estimate of drug-likeness (QED) is 0.386. The van der Waals surface area contributed by atoms with Gasteiger partial charge in [-0.1, -0.05) is 6.07 Å². The van der Waals surface area contributed by atoms with Crippen molar-refractivity contribution in [1.29, 1.82) is 0 Å². The first-order valence-corrected chi connectivity index (χ1v) is 5.18. The molecular formula is C11H9NO8. The van der Waals surface area contributed by atoms with E-state index in [9.17, 15) is 24.5 Å². The van der Waals surface area contributed by atoms with Crippen molar-refractivity contribution in [2.24, 2.45) is 0 Å². The number of carboxylic acids is 3. The van der Waals surface area contributed by atoms with Crippen molar-refractivity contribution in [3.8, 4) is 0 Å². The highest BCUT2D eigenvalue weighted by atomic mass is 16.6. The van der Waals surface area contributed by atoms with Gasteiger partial charge in [0.1, 0.15) is 0 Å². The molecule has 0 heterocycles. The summed E-state index contributed by atoms with van der Waals surface area (Å²) in [6, 6.07) is 2.79. The fourth-order valence-electron chi connectivity index (χ4n) is 1.66. The van der Waals surface area contributed by atoms with Crippen molar-refractivity contribution in [3.05, 3.63) is 39.4 Å². The third kappa shape index (κ3) is 3.28. The largest absolute Gasteiger partial charge is 0.481 e. The number of benzene rings is 1. The Morgan fingerprint density at radius 1 is 1.15 bits per heavy atom. The van der Waals surface area contributed by atoms with E-state index < -0.39 is 40.9 Å². The second-order valence-electron chi connectivity index (χ2n) is 3.83. The zero-order valence-electron chi connectivity index (χ0n) is 9.85. The van der Waals surface area contributed by atoms with Crippen molar-refractivity contribution in [2.75, 3.05) is 0 Å². The average Bonchev–Trinajstić information content (AvgIpc) is 2.26. The fraction of sp³-hybridized carbons (Fsp3) is 0.182. The number of nitro groups is 1. The molecule has 1 aromatic carbocycles. The molecule has 0 saturated carbocycles. The lowest BCUT2D eigenvalue weighted by atomic mass is 9.95. The lowest BCUT2D eigenvalue weighted by Crippen LogP contribution is -2.21. The van der Waals surface area contributed by atoms with Crippen LogP contribution in [0.5, 0.6) is 0 Å². The van der Waals surface area contributed by atoms with Gasteiger partial charge in [0, 0.05) is 11.6 Å². The van der Waals surface area contributed by atoms with Gasteiger partial charge in [-0.3, -0.25) is 24.5 Å². The highest BCUT2D eigenvalue weighted by Crippen LogP contribution is 2.25. The highest BCUT2D eigenvalue weighted by Gasteiger charge is 2.29. The summed E-state index contributed by atoms with van der Waals surface area (Å²) in [5, 5.41) is 37.0. The first-order valence-electron chi connectivity index (χ1n) is 5.18. The van der Waals surface area contributed by atoms with E-state index in [-0.39, 0.29) is 11.1 Å². The SMILES string of the molecule is O=C(O)Cc1cc(C(C(=O)O)C(=O)O)ccc1[N+](=O)[O-]. The molecule has 0 saturated heterocycles. The van der Waals surface area contributed by atoms with Gasteiger partial charge >= 0.3 is 17.9 Å². The van der Waals surface area contributed by atoms with Gasteiger partial charge in [-0.05, 0) is 11.6 Å². The van der Waals surface area contributed by atoms with Crippen molar-refractivity contribution in [1.82, 2.24) is 0 Å². The molecule has 0 radical (unpaired) electrons. The second kappa shape index (κ2) is 5.78. The van der Waals surface area contributed by atoms with Gasteiger partial charge in [0.05, 0.1) is 11.3 Å². The van der Waals surface area contributed by atoms with Gasteiger partial charge in [0.15, 0.2) is 5.92 Å². The summed E-state index contributed by atoms with van der Waals surface area (Å²) in [5.74, 6) is -6.56. The summed E-state index contributed by atoms with van der Waals surface area (Å²) in [6.45, 7) is 0. The average molecular weight is 283 g/mol. The molecule has 0 aliphatic rings. The molecule has 0 atom stereocenters. The zero-order chi connectivity index (χ0) is 15.4. The van der Waals surface area contributed by atoms with Crippen LogP contribution in [0, 0.1) is 10.1 Å². The van der Waals surface area contributed by atoms with E-state index in [1.54, 1.807) is 0 Å². The van der Waals surface area contributed by atoms with Gasteiger partial charge < -0.3 is 15.3 Å². The molecule has 3 N–H and O–H groups in total. The van der Waals surface area contributed by atoms with E-state index in [1.807, 2.05) is 0 Å². The van der Waals surface area contributed by atoms with Gasteiger partial charge in [0.2, 0.25) is 0 Å². The Balaban J connectivity index is 3.37. The third-order valence-electron chi connectivity index (χ3n) is 2.47. The lowest BCUT2D eigenvalue weighted by molar-refractivity contribution is -0.385. The summed E-state index contributed by atoms with van der Waals surface area (Å²) < 4.78 is 0. The van der Waals surface area contributed by atoms with Gasteiger partial charge in [-0.2, -0.15) is 0 Å². The molecule has 9 nitrogen and oxygen atoms in total. The molecular weight excluding hydrogens is 274 g/mol. The summed E-state index contributed by atoms with van der Waals surface area (Å²) in [6.07, 6.45) is -0.712. The van der Waals surface area contributed by atoms with Crippen LogP contribution in [0.25, 0.3) is 0 Å². The van der Waals surface area contributed by atoms with Gasteiger partial charge in [-0.25, -0.2) is 0 Å². The van der Waals surface area contributed by atoms with Crippen LogP contribution in [0.3, 0.4) is 0 Å². The van der Waals surface area contributed by atoms with Crippen LogP contribution in [-0.2, 0) is 20.8 Å². The normalized spacial score (nSPS) is 10.2. The minimum atomic E-state index is -1.91. The zero-order valence-corrected chi connectivity index (χ0v) is 9.85. The van der Waals surface area contributed by atoms with Crippen molar-refractivity contribution >= 4 is 23.6 Å². The minimum absolute atomic E-state index is 0.230. The number of nitro benzene ring substituents is 1. The number of carbonyl (C=O) groups is 3. The Morgan fingerprint density at radius 2 is 1.70 bits per heavy atom. The highest BCUT2D eigenvalue weighted by molar-refractivity contribution is 5.99. The van der Waals surface area contributed by atoms with Crippen LogP contribution >= 0.6 is 0 Å². The van der Waals surface area contributed by atoms with Crippen LogP contribution in [-0.4, -0.2) is 38.2 Å². The van der Waals surface area contributed by atoms with Crippen molar-refractivity contribution in [2.45, 2.75) is 12.3 Å². The molecule has 0 spiro atoms. The third-order valence-corrected chi connectivity index (χ3v) is 2.47. The minimum Gasteiger partial charge on any atom is -0.481 e. The molecule has 106 valence electrons. The van der Waals surface area contributed by atoms with Gasteiger partial charge in [-0.15, -0.1) is 0 Å². The Bertz CT molecular complexity index is 580. The van der Waals surface area contributed by atoms with E-state index >= 15 is 0 Å². The summed E-state index contributed by atoms with van der Waals surface area (Å²) >= 11 is 0. The van der Waals surface area contributed by atoms with E-state index in [0.717, 1.165) is 18.2 Å². The molecule has 1 aromatic rings. The molecule has 0 aromatic heterocycles. The second-order valence-corrected chi connectivity index (χ2v) is 3.83. The van der Waals surface area contributed by atoms with Crippen LogP contribution in [0.15, 0.2) is 18.2 Å². The Kier molecular flexibility index (Phi) is 4.36. The Labute approximate surface area is 111 Å². The molecule has 9 heteroatoms. The van der Waals surface area contributed by atoms with E-state index in [0.29, 0.717) is 0 Å².